The van der Waals surface area contributed by atoms with Crippen LogP contribution < -0.4 is 4.72 Å². The van der Waals surface area contributed by atoms with Gasteiger partial charge < -0.3 is 0 Å². The third-order valence-electron chi connectivity index (χ3n) is 3.47. The van der Waals surface area contributed by atoms with E-state index in [9.17, 15) is 17.2 Å². The summed E-state index contributed by atoms with van der Waals surface area (Å²) < 4.78 is 54.9. The molecular weight excluding hydrogens is 350 g/mol. The van der Waals surface area contributed by atoms with Crippen LogP contribution in [0.3, 0.4) is 0 Å². The molecule has 0 radical (unpaired) electrons. The minimum atomic E-state index is -4.18. The zero-order valence-corrected chi connectivity index (χ0v) is 14.0. The van der Waals surface area contributed by atoms with Gasteiger partial charge >= 0.3 is 0 Å². The van der Waals surface area contributed by atoms with Crippen LogP contribution in [0.5, 0.6) is 0 Å². The Hall–Kier alpha value is -2.65. The summed E-state index contributed by atoms with van der Waals surface area (Å²) in [6.07, 6.45) is 4.97. The van der Waals surface area contributed by atoms with Crippen LogP contribution in [0.25, 0.3) is 11.3 Å². The van der Waals surface area contributed by atoms with Crippen LogP contribution in [0.2, 0.25) is 0 Å². The van der Waals surface area contributed by atoms with Crippen LogP contribution in [0.15, 0.2) is 53.8 Å². The summed E-state index contributed by atoms with van der Waals surface area (Å²) in [5, 5.41) is 4.05. The number of benzene rings is 1. The smallest absolute Gasteiger partial charge is 0.243 e. The Balaban J connectivity index is 1.73. The molecule has 130 valence electrons. The summed E-state index contributed by atoms with van der Waals surface area (Å²) in [4.78, 5) is 3.52. The summed E-state index contributed by atoms with van der Waals surface area (Å²) in [6.45, 7) is -0.0986. The van der Waals surface area contributed by atoms with Crippen LogP contribution in [-0.4, -0.2) is 23.2 Å². The highest BCUT2D eigenvalue weighted by Crippen LogP contribution is 2.17. The second kappa shape index (κ2) is 6.69. The molecule has 6 nitrogen and oxygen atoms in total. The number of sulfonamides is 1. The highest BCUT2D eigenvalue weighted by atomic mass is 32.2. The molecule has 0 aliphatic rings. The molecule has 1 aromatic carbocycles. The molecule has 0 saturated heterocycles. The Morgan fingerprint density at radius 2 is 1.96 bits per heavy atom. The molecule has 0 saturated carbocycles. The molecule has 0 spiro atoms. The number of halogens is 2. The molecule has 25 heavy (non-hydrogen) atoms. The minimum absolute atomic E-state index is 0.0986. The number of hydrogen-bond donors (Lipinski definition) is 1. The summed E-state index contributed by atoms with van der Waals surface area (Å²) in [7, 11) is -2.39. The first-order chi connectivity index (χ1) is 11.8. The van der Waals surface area contributed by atoms with Crippen molar-refractivity contribution in [1.82, 2.24) is 19.5 Å². The highest BCUT2D eigenvalue weighted by Gasteiger charge is 2.19. The number of hydrogen-bond acceptors (Lipinski definition) is 4. The molecule has 0 amide bonds. The normalized spacial score (nSPS) is 11.6. The van der Waals surface area contributed by atoms with E-state index in [0.29, 0.717) is 17.3 Å². The quantitative estimate of drug-likeness (QED) is 0.753. The lowest BCUT2D eigenvalue weighted by Crippen LogP contribution is -2.24. The Labute approximate surface area is 143 Å². The van der Waals surface area contributed by atoms with Crippen molar-refractivity contribution in [2.24, 2.45) is 7.05 Å². The average molecular weight is 364 g/mol. The summed E-state index contributed by atoms with van der Waals surface area (Å²) in [5.74, 6) is -1.84. The van der Waals surface area contributed by atoms with E-state index in [0.717, 1.165) is 17.7 Å². The average Bonchev–Trinajstić information content (AvgIpc) is 3.02. The van der Waals surface area contributed by atoms with Gasteiger partial charge in [0.15, 0.2) is 0 Å². The lowest BCUT2D eigenvalue weighted by Gasteiger charge is -2.08. The first-order valence-corrected chi connectivity index (χ1v) is 8.72. The topological polar surface area (TPSA) is 76.9 Å². The van der Waals surface area contributed by atoms with E-state index in [1.807, 2.05) is 0 Å². The predicted octanol–water partition coefficient (Wildman–Crippen LogP) is 2.24. The van der Waals surface area contributed by atoms with Gasteiger partial charge in [-0.1, -0.05) is 6.07 Å². The zero-order valence-electron chi connectivity index (χ0n) is 13.1. The van der Waals surface area contributed by atoms with E-state index < -0.39 is 26.6 Å². The van der Waals surface area contributed by atoms with Crippen LogP contribution in [-0.2, 0) is 23.6 Å². The number of aromatic nitrogens is 3. The van der Waals surface area contributed by atoms with Gasteiger partial charge in [0.25, 0.3) is 0 Å². The first kappa shape index (κ1) is 17.2. The molecule has 3 aromatic rings. The number of nitrogens with one attached hydrogen (secondary N) is 1. The van der Waals surface area contributed by atoms with Crippen molar-refractivity contribution in [2.45, 2.75) is 11.4 Å². The maximum atomic E-state index is 13.6. The fourth-order valence-corrected chi connectivity index (χ4v) is 3.30. The van der Waals surface area contributed by atoms with Crippen molar-refractivity contribution in [3.05, 3.63) is 66.1 Å². The predicted molar refractivity (Wildman–Crippen MR) is 86.8 cm³/mol. The van der Waals surface area contributed by atoms with Gasteiger partial charge in [0.1, 0.15) is 16.5 Å². The molecule has 0 atom stereocenters. The maximum Gasteiger partial charge on any atom is 0.243 e. The molecular formula is C16H14F2N4O2S. The van der Waals surface area contributed by atoms with E-state index in [1.165, 1.54) is 6.20 Å². The number of nitrogens with zero attached hydrogens (tertiary/aromatic N) is 3. The standard InChI is InChI=1S/C16H14F2N4O2S/c1-22-10-12(9-20-22)15-5-2-11(7-19-15)8-21-25(23,24)16-6-13(17)3-4-14(16)18/h2-7,9-10,21H,8H2,1H3. The molecule has 0 aliphatic heterocycles. The SMILES string of the molecule is Cn1cc(-c2ccc(CNS(=O)(=O)c3cc(F)ccc3F)cn2)cn1. The fraction of sp³-hybridized carbons (Fsp3) is 0.125. The van der Waals surface area contributed by atoms with E-state index in [1.54, 1.807) is 36.3 Å². The summed E-state index contributed by atoms with van der Waals surface area (Å²) in [5.41, 5.74) is 2.10. The maximum absolute atomic E-state index is 13.6. The van der Waals surface area contributed by atoms with E-state index in [4.69, 9.17) is 0 Å². The summed E-state index contributed by atoms with van der Waals surface area (Å²) >= 11 is 0. The first-order valence-electron chi connectivity index (χ1n) is 7.24. The lowest BCUT2D eigenvalue weighted by molar-refractivity contribution is 0.545. The molecule has 2 heterocycles. The van der Waals surface area contributed by atoms with Crippen molar-refractivity contribution in [3.63, 3.8) is 0 Å². The van der Waals surface area contributed by atoms with Gasteiger partial charge in [-0.15, -0.1) is 0 Å². The Kier molecular flexibility index (Phi) is 4.60. The molecule has 0 bridgehead atoms. The van der Waals surface area contributed by atoms with Crippen LogP contribution in [0.4, 0.5) is 8.78 Å². The summed E-state index contributed by atoms with van der Waals surface area (Å²) in [6, 6.07) is 5.69. The Bertz CT molecular complexity index is 1000. The molecule has 1 N–H and O–H groups in total. The number of aryl methyl sites for hydroxylation is 1. The van der Waals surface area contributed by atoms with Crippen molar-refractivity contribution in [1.29, 1.82) is 0 Å². The van der Waals surface area contributed by atoms with Crippen LogP contribution in [0.1, 0.15) is 5.56 Å². The van der Waals surface area contributed by atoms with Gasteiger partial charge in [-0.2, -0.15) is 5.10 Å². The van der Waals surface area contributed by atoms with Gasteiger partial charge in [-0.3, -0.25) is 9.67 Å². The minimum Gasteiger partial charge on any atom is -0.275 e. The highest BCUT2D eigenvalue weighted by molar-refractivity contribution is 7.89. The Morgan fingerprint density at radius 3 is 2.60 bits per heavy atom. The Morgan fingerprint density at radius 1 is 1.16 bits per heavy atom. The van der Waals surface area contributed by atoms with Crippen LogP contribution in [0, 0.1) is 11.6 Å². The fourth-order valence-electron chi connectivity index (χ4n) is 2.19. The van der Waals surface area contributed by atoms with Crippen LogP contribution >= 0.6 is 0 Å². The van der Waals surface area contributed by atoms with Gasteiger partial charge in [0, 0.05) is 31.5 Å². The molecule has 9 heteroatoms. The van der Waals surface area contributed by atoms with E-state index >= 15 is 0 Å². The molecule has 0 fully saturated rings. The van der Waals surface area contributed by atoms with Crippen molar-refractivity contribution < 1.29 is 17.2 Å². The van der Waals surface area contributed by atoms with Crippen molar-refractivity contribution in [3.8, 4) is 11.3 Å². The van der Waals surface area contributed by atoms with Gasteiger partial charge in [0.05, 0.1) is 11.9 Å². The largest absolute Gasteiger partial charge is 0.275 e. The van der Waals surface area contributed by atoms with Crippen molar-refractivity contribution in [2.75, 3.05) is 0 Å². The molecule has 0 aliphatic carbocycles. The number of pyridine rings is 1. The lowest BCUT2D eigenvalue weighted by atomic mass is 10.2. The number of rotatable bonds is 5. The second-order valence-electron chi connectivity index (χ2n) is 5.35. The monoisotopic (exact) mass is 364 g/mol. The van der Waals surface area contributed by atoms with E-state index in [-0.39, 0.29) is 6.54 Å². The van der Waals surface area contributed by atoms with Gasteiger partial charge in [0.2, 0.25) is 10.0 Å². The second-order valence-corrected chi connectivity index (χ2v) is 7.09. The van der Waals surface area contributed by atoms with Gasteiger partial charge in [-0.25, -0.2) is 21.9 Å². The third-order valence-corrected chi connectivity index (χ3v) is 4.89. The molecule has 2 aromatic heterocycles. The molecule has 3 rings (SSSR count). The third kappa shape index (κ3) is 3.89. The zero-order chi connectivity index (χ0) is 18.0. The van der Waals surface area contributed by atoms with E-state index in [2.05, 4.69) is 14.8 Å². The molecule has 0 unspecified atom stereocenters. The van der Waals surface area contributed by atoms with Crippen molar-refractivity contribution >= 4 is 10.0 Å². The van der Waals surface area contributed by atoms with Gasteiger partial charge in [-0.05, 0) is 29.8 Å².